The van der Waals surface area contributed by atoms with Crippen LogP contribution in [0.3, 0.4) is 0 Å². The first-order chi connectivity index (χ1) is 8.16. The lowest BCUT2D eigenvalue weighted by molar-refractivity contribution is -0.152. The Morgan fingerprint density at radius 1 is 1.44 bits per heavy atom. The first-order valence-corrected chi connectivity index (χ1v) is 6.71. The number of ether oxygens (including phenoxy) is 1. The van der Waals surface area contributed by atoms with Crippen LogP contribution in [-0.4, -0.2) is 49.7 Å². The Balaban J connectivity index is 0.00000162. The highest BCUT2D eigenvalue weighted by Crippen LogP contribution is 2.31. The summed E-state index contributed by atoms with van der Waals surface area (Å²) in [5, 5.41) is 3.38. The molecule has 106 valence electrons. The van der Waals surface area contributed by atoms with Crippen molar-refractivity contribution in [3.05, 3.63) is 0 Å². The van der Waals surface area contributed by atoms with Crippen molar-refractivity contribution in [1.29, 1.82) is 0 Å². The van der Waals surface area contributed by atoms with Gasteiger partial charge in [-0.05, 0) is 58.2 Å². The lowest BCUT2D eigenvalue weighted by Crippen LogP contribution is -2.51. The van der Waals surface area contributed by atoms with Crippen molar-refractivity contribution in [1.82, 2.24) is 10.2 Å². The fraction of sp³-hybridized carbons (Fsp3) is 0.923. The minimum atomic E-state index is -0.375. The fourth-order valence-corrected chi connectivity index (χ4v) is 3.14. The number of piperidine rings is 1. The molecule has 4 nitrogen and oxygen atoms in total. The van der Waals surface area contributed by atoms with Crippen LogP contribution in [0.2, 0.25) is 0 Å². The van der Waals surface area contributed by atoms with Crippen LogP contribution < -0.4 is 5.32 Å². The van der Waals surface area contributed by atoms with E-state index in [4.69, 9.17) is 4.74 Å². The van der Waals surface area contributed by atoms with Crippen LogP contribution in [0.15, 0.2) is 0 Å². The average Bonchev–Trinajstić information content (AvgIpc) is 2.72. The van der Waals surface area contributed by atoms with E-state index in [-0.39, 0.29) is 23.9 Å². The van der Waals surface area contributed by atoms with E-state index in [9.17, 15) is 4.79 Å². The van der Waals surface area contributed by atoms with Gasteiger partial charge in [-0.3, -0.25) is 9.69 Å². The molecule has 2 heterocycles. The SMILES string of the molecule is COC(=O)C1(C)CCCN1CC1CCNCC1.Cl. The van der Waals surface area contributed by atoms with E-state index in [1.54, 1.807) is 0 Å². The van der Waals surface area contributed by atoms with E-state index in [1.165, 1.54) is 20.0 Å². The van der Waals surface area contributed by atoms with Crippen molar-refractivity contribution in [3.8, 4) is 0 Å². The number of hydrogen-bond donors (Lipinski definition) is 1. The lowest BCUT2D eigenvalue weighted by Gasteiger charge is -2.36. The summed E-state index contributed by atoms with van der Waals surface area (Å²) in [7, 11) is 1.49. The molecule has 0 bridgehead atoms. The van der Waals surface area contributed by atoms with Gasteiger partial charge in [0.2, 0.25) is 0 Å². The molecule has 1 atom stereocenters. The molecule has 0 aromatic carbocycles. The Morgan fingerprint density at radius 2 is 2.11 bits per heavy atom. The zero-order valence-corrected chi connectivity index (χ0v) is 12.2. The van der Waals surface area contributed by atoms with Gasteiger partial charge in [-0.2, -0.15) is 0 Å². The summed E-state index contributed by atoms with van der Waals surface area (Å²) in [6, 6.07) is 0. The molecule has 2 rings (SSSR count). The number of carbonyl (C=O) groups is 1. The van der Waals surface area contributed by atoms with Crippen LogP contribution in [-0.2, 0) is 9.53 Å². The van der Waals surface area contributed by atoms with Gasteiger partial charge < -0.3 is 10.1 Å². The quantitative estimate of drug-likeness (QED) is 0.792. The van der Waals surface area contributed by atoms with E-state index < -0.39 is 0 Å². The standard InChI is InChI=1S/C13H24N2O2.ClH/c1-13(12(16)17-2)6-3-9-15(13)10-11-4-7-14-8-5-11;/h11,14H,3-10H2,1-2H3;1H. The van der Waals surface area contributed by atoms with Gasteiger partial charge in [0.1, 0.15) is 5.54 Å². The number of carbonyl (C=O) groups excluding carboxylic acids is 1. The summed E-state index contributed by atoms with van der Waals surface area (Å²) in [4.78, 5) is 14.3. The third-order valence-electron chi connectivity index (χ3n) is 4.35. The monoisotopic (exact) mass is 276 g/mol. The molecule has 0 saturated carbocycles. The highest BCUT2D eigenvalue weighted by Gasteiger charge is 2.44. The Hall–Kier alpha value is -0.320. The molecular formula is C13H25ClN2O2. The molecule has 2 fully saturated rings. The van der Waals surface area contributed by atoms with Gasteiger partial charge >= 0.3 is 5.97 Å². The summed E-state index contributed by atoms with van der Waals surface area (Å²) in [5.74, 6) is 0.669. The van der Waals surface area contributed by atoms with Crippen molar-refractivity contribution in [2.45, 2.75) is 38.1 Å². The van der Waals surface area contributed by atoms with Gasteiger partial charge in [0.25, 0.3) is 0 Å². The number of nitrogens with one attached hydrogen (secondary N) is 1. The summed E-state index contributed by atoms with van der Waals surface area (Å²) in [6.07, 6.45) is 4.50. The van der Waals surface area contributed by atoms with Crippen LogP contribution in [0.4, 0.5) is 0 Å². The second-order valence-corrected chi connectivity index (χ2v) is 5.51. The number of hydrogen-bond acceptors (Lipinski definition) is 4. The normalized spacial score (nSPS) is 29.9. The molecule has 0 spiro atoms. The molecule has 18 heavy (non-hydrogen) atoms. The number of halogens is 1. The van der Waals surface area contributed by atoms with Crippen LogP contribution >= 0.6 is 12.4 Å². The number of rotatable bonds is 3. The van der Waals surface area contributed by atoms with Gasteiger partial charge in [0, 0.05) is 6.54 Å². The molecule has 1 N–H and O–H groups in total. The predicted molar refractivity (Wildman–Crippen MR) is 74.1 cm³/mol. The summed E-state index contributed by atoms with van der Waals surface area (Å²) in [6.45, 7) is 6.36. The highest BCUT2D eigenvalue weighted by atomic mass is 35.5. The van der Waals surface area contributed by atoms with Crippen LogP contribution in [0, 0.1) is 5.92 Å². The van der Waals surface area contributed by atoms with E-state index in [2.05, 4.69) is 10.2 Å². The topological polar surface area (TPSA) is 41.6 Å². The van der Waals surface area contributed by atoms with E-state index in [0.717, 1.165) is 44.9 Å². The maximum Gasteiger partial charge on any atom is 0.325 e. The maximum atomic E-state index is 11.9. The summed E-state index contributed by atoms with van der Waals surface area (Å²) >= 11 is 0. The Bertz CT molecular complexity index is 282. The number of esters is 1. The molecule has 0 amide bonds. The van der Waals surface area contributed by atoms with Crippen molar-refractivity contribution >= 4 is 18.4 Å². The molecular weight excluding hydrogens is 252 g/mol. The maximum absolute atomic E-state index is 11.9. The van der Waals surface area contributed by atoms with Gasteiger partial charge in [0.05, 0.1) is 7.11 Å². The second kappa shape index (κ2) is 6.73. The molecule has 5 heteroatoms. The Morgan fingerprint density at radius 3 is 2.72 bits per heavy atom. The molecule has 2 aliphatic heterocycles. The van der Waals surface area contributed by atoms with E-state index in [1.807, 2.05) is 6.92 Å². The average molecular weight is 277 g/mol. The second-order valence-electron chi connectivity index (χ2n) is 5.51. The largest absolute Gasteiger partial charge is 0.468 e. The van der Waals surface area contributed by atoms with Crippen molar-refractivity contribution in [2.24, 2.45) is 5.92 Å². The molecule has 0 radical (unpaired) electrons. The van der Waals surface area contributed by atoms with Crippen molar-refractivity contribution in [3.63, 3.8) is 0 Å². The summed E-state index contributed by atoms with van der Waals surface area (Å²) < 4.78 is 4.96. The third kappa shape index (κ3) is 3.16. The summed E-state index contributed by atoms with van der Waals surface area (Å²) in [5.41, 5.74) is -0.375. The van der Waals surface area contributed by atoms with E-state index in [0.29, 0.717) is 0 Å². The third-order valence-corrected chi connectivity index (χ3v) is 4.35. The minimum absolute atomic E-state index is 0. The molecule has 0 aliphatic carbocycles. The van der Waals surface area contributed by atoms with Gasteiger partial charge in [-0.1, -0.05) is 0 Å². The zero-order chi connectivity index (χ0) is 12.3. The predicted octanol–water partition coefficient (Wildman–Crippen LogP) is 1.44. The van der Waals surface area contributed by atoms with Gasteiger partial charge in [-0.25, -0.2) is 0 Å². The first-order valence-electron chi connectivity index (χ1n) is 6.71. The number of likely N-dealkylation sites (tertiary alicyclic amines) is 1. The zero-order valence-electron chi connectivity index (χ0n) is 11.4. The van der Waals surface area contributed by atoms with Gasteiger partial charge in [0.15, 0.2) is 0 Å². The first kappa shape index (κ1) is 15.7. The fourth-order valence-electron chi connectivity index (χ4n) is 3.14. The molecule has 2 aliphatic rings. The van der Waals surface area contributed by atoms with Crippen LogP contribution in [0.25, 0.3) is 0 Å². The number of nitrogens with zero attached hydrogens (tertiary/aromatic N) is 1. The van der Waals surface area contributed by atoms with Crippen molar-refractivity contribution < 1.29 is 9.53 Å². The Kier molecular flexibility index (Phi) is 5.89. The Labute approximate surface area is 116 Å². The lowest BCUT2D eigenvalue weighted by atomic mass is 9.94. The van der Waals surface area contributed by atoms with Crippen LogP contribution in [0.1, 0.15) is 32.6 Å². The molecule has 0 aromatic heterocycles. The smallest absolute Gasteiger partial charge is 0.325 e. The van der Waals surface area contributed by atoms with Crippen molar-refractivity contribution in [2.75, 3.05) is 33.3 Å². The van der Waals surface area contributed by atoms with E-state index >= 15 is 0 Å². The minimum Gasteiger partial charge on any atom is -0.468 e. The molecule has 0 aromatic rings. The highest BCUT2D eigenvalue weighted by molar-refractivity contribution is 5.85. The molecule has 2 saturated heterocycles. The number of methoxy groups -OCH3 is 1. The van der Waals surface area contributed by atoms with Crippen LogP contribution in [0.5, 0.6) is 0 Å². The molecule has 1 unspecified atom stereocenters. The van der Waals surface area contributed by atoms with Gasteiger partial charge in [-0.15, -0.1) is 12.4 Å².